The molecule has 1 heterocycles. The number of nitrogens with one attached hydrogen (secondary N) is 1. The molecular formula is C30H37ClN4S. The van der Waals surface area contributed by atoms with E-state index in [4.69, 9.17) is 33.8 Å². The summed E-state index contributed by atoms with van der Waals surface area (Å²) in [6.45, 7) is 7.24. The topological polar surface area (TPSA) is 41.0 Å². The van der Waals surface area contributed by atoms with Gasteiger partial charge in [-0.25, -0.2) is 9.97 Å². The zero-order valence-corrected chi connectivity index (χ0v) is 23.2. The van der Waals surface area contributed by atoms with E-state index in [1.165, 1.54) is 37.7 Å². The quantitative estimate of drug-likeness (QED) is 0.292. The largest absolute Gasteiger partial charge is 0.375 e. The van der Waals surface area contributed by atoms with E-state index in [0.717, 1.165) is 39.3 Å². The van der Waals surface area contributed by atoms with Gasteiger partial charge in [-0.05, 0) is 49.8 Å². The second kappa shape index (κ2) is 12.6. The van der Waals surface area contributed by atoms with Crippen LogP contribution in [0.3, 0.4) is 0 Å². The van der Waals surface area contributed by atoms with Gasteiger partial charge >= 0.3 is 0 Å². The molecule has 6 heteroatoms. The molecule has 1 atom stereocenters. The first kappa shape index (κ1) is 26.6. The molecule has 0 bridgehead atoms. The van der Waals surface area contributed by atoms with E-state index in [2.05, 4.69) is 54.4 Å². The van der Waals surface area contributed by atoms with E-state index in [9.17, 15) is 0 Å². The summed E-state index contributed by atoms with van der Waals surface area (Å²) in [5.41, 5.74) is 3.12. The Morgan fingerprint density at radius 3 is 2.39 bits per heavy atom. The van der Waals surface area contributed by atoms with Gasteiger partial charge in [0.25, 0.3) is 0 Å². The second-order valence-electron chi connectivity index (χ2n) is 10.3. The Hall–Kier alpha value is -2.50. The number of hydrogen-bond acceptors (Lipinski definition) is 4. The van der Waals surface area contributed by atoms with Crippen LogP contribution in [0.15, 0.2) is 60.7 Å². The summed E-state index contributed by atoms with van der Waals surface area (Å²) in [4.78, 5) is 13.1. The molecule has 1 unspecified atom stereocenters. The number of nitrogens with zero attached hydrogens (tertiary/aromatic N) is 3. The molecule has 1 aliphatic carbocycles. The Kier molecular flexibility index (Phi) is 9.33. The van der Waals surface area contributed by atoms with Crippen LogP contribution in [0.25, 0.3) is 11.4 Å². The highest BCUT2D eigenvalue weighted by molar-refractivity contribution is 7.80. The normalized spacial score (nSPS) is 15.0. The Morgan fingerprint density at radius 2 is 1.72 bits per heavy atom. The molecule has 0 spiro atoms. The van der Waals surface area contributed by atoms with Gasteiger partial charge < -0.3 is 10.2 Å². The maximum Gasteiger partial charge on any atom is 0.161 e. The van der Waals surface area contributed by atoms with Crippen molar-refractivity contribution in [1.29, 1.82) is 0 Å². The van der Waals surface area contributed by atoms with Crippen LogP contribution in [0.4, 0.5) is 5.82 Å². The number of halogens is 1. The molecule has 0 amide bonds. The van der Waals surface area contributed by atoms with Crippen LogP contribution in [0.1, 0.15) is 63.6 Å². The number of anilines is 1. The monoisotopic (exact) mass is 520 g/mol. The van der Waals surface area contributed by atoms with Crippen molar-refractivity contribution < 1.29 is 0 Å². The summed E-state index contributed by atoms with van der Waals surface area (Å²) in [5.74, 6) is 2.11. The van der Waals surface area contributed by atoms with Gasteiger partial charge in [-0.3, -0.25) is 0 Å². The number of thiocarbonyl (C=S) groups is 1. The van der Waals surface area contributed by atoms with Crippen molar-refractivity contribution in [2.24, 2.45) is 5.92 Å². The molecule has 1 fully saturated rings. The fourth-order valence-electron chi connectivity index (χ4n) is 4.92. The highest BCUT2D eigenvalue weighted by Gasteiger charge is 2.28. The lowest BCUT2D eigenvalue weighted by atomic mass is 9.94. The van der Waals surface area contributed by atoms with Gasteiger partial charge in [0.1, 0.15) is 5.82 Å². The number of aromatic nitrogens is 2. The van der Waals surface area contributed by atoms with E-state index in [0.29, 0.717) is 18.5 Å². The maximum atomic E-state index is 6.20. The van der Waals surface area contributed by atoms with Crippen molar-refractivity contribution in [3.8, 4) is 11.4 Å². The van der Waals surface area contributed by atoms with Gasteiger partial charge in [-0.2, -0.15) is 0 Å². The SMILES string of the molecule is Cc1cc(N(Cc2ccc(Cl)cc2)C(CC(C)C)C(=S)NC2CCCCC2)nc(-c2ccccc2)n1. The Labute approximate surface area is 226 Å². The van der Waals surface area contributed by atoms with Crippen LogP contribution in [-0.2, 0) is 6.54 Å². The van der Waals surface area contributed by atoms with E-state index in [-0.39, 0.29) is 6.04 Å². The average molecular weight is 521 g/mol. The zero-order valence-electron chi connectivity index (χ0n) is 21.6. The third-order valence-corrected chi connectivity index (χ3v) is 7.40. The second-order valence-corrected chi connectivity index (χ2v) is 11.2. The standard InChI is InChI=1S/C30H37ClN4S/c1-21(2)18-27(30(36)33-26-12-8-5-9-13-26)35(20-23-14-16-25(31)17-15-23)28-19-22(3)32-29(34-28)24-10-6-4-7-11-24/h4,6-7,10-11,14-17,19,21,26-27H,5,8-9,12-13,18,20H2,1-3H3,(H,33,36). The van der Waals surface area contributed by atoms with Crippen LogP contribution in [0.2, 0.25) is 5.02 Å². The van der Waals surface area contributed by atoms with Crippen LogP contribution in [0, 0.1) is 12.8 Å². The van der Waals surface area contributed by atoms with Crippen molar-refractivity contribution >= 4 is 34.6 Å². The Balaban J connectivity index is 1.73. The van der Waals surface area contributed by atoms with Gasteiger partial charge in [-0.1, -0.05) is 99.4 Å². The molecule has 1 N–H and O–H groups in total. The lowest BCUT2D eigenvalue weighted by molar-refractivity contribution is 0.408. The summed E-state index contributed by atoms with van der Waals surface area (Å²) in [6, 6.07) is 20.8. The highest BCUT2D eigenvalue weighted by atomic mass is 35.5. The number of benzene rings is 2. The molecule has 190 valence electrons. The first-order valence-corrected chi connectivity index (χ1v) is 13.9. The van der Waals surface area contributed by atoms with Gasteiger partial charge in [0, 0.05) is 34.9 Å². The fourth-order valence-corrected chi connectivity index (χ4v) is 5.44. The third kappa shape index (κ3) is 7.27. The molecular weight excluding hydrogens is 484 g/mol. The molecule has 1 aromatic heterocycles. The van der Waals surface area contributed by atoms with Crippen LogP contribution < -0.4 is 10.2 Å². The van der Waals surface area contributed by atoms with Gasteiger partial charge in [-0.15, -0.1) is 0 Å². The lowest BCUT2D eigenvalue weighted by Crippen LogP contribution is -2.50. The molecule has 1 aliphatic rings. The van der Waals surface area contributed by atoms with E-state index < -0.39 is 0 Å². The number of hydrogen-bond donors (Lipinski definition) is 1. The minimum absolute atomic E-state index is 0.0236. The first-order valence-electron chi connectivity index (χ1n) is 13.1. The smallest absolute Gasteiger partial charge is 0.161 e. The number of aryl methyl sites for hydroxylation is 1. The zero-order chi connectivity index (χ0) is 25.5. The first-order chi connectivity index (χ1) is 17.4. The summed E-state index contributed by atoms with van der Waals surface area (Å²) in [5, 5.41) is 4.49. The van der Waals surface area contributed by atoms with Crippen molar-refractivity contribution in [2.75, 3.05) is 4.90 Å². The molecule has 2 aromatic carbocycles. The molecule has 0 radical (unpaired) electrons. The molecule has 1 saturated carbocycles. The number of rotatable bonds is 9. The average Bonchev–Trinajstić information content (AvgIpc) is 2.88. The Morgan fingerprint density at radius 1 is 1.03 bits per heavy atom. The van der Waals surface area contributed by atoms with Crippen LogP contribution in [-0.4, -0.2) is 27.0 Å². The third-order valence-electron chi connectivity index (χ3n) is 6.76. The van der Waals surface area contributed by atoms with E-state index >= 15 is 0 Å². The minimum atomic E-state index is 0.0236. The molecule has 36 heavy (non-hydrogen) atoms. The fraction of sp³-hybridized carbons (Fsp3) is 0.433. The van der Waals surface area contributed by atoms with E-state index in [1.807, 2.05) is 37.3 Å². The van der Waals surface area contributed by atoms with Crippen LogP contribution in [0.5, 0.6) is 0 Å². The molecule has 4 nitrogen and oxygen atoms in total. The van der Waals surface area contributed by atoms with Crippen molar-refractivity contribution in [3.63, 3.8) is 0 Å². The molecule has 4 rings (SSSR count). The maximum absolute atomic E-state index is 6.20. The summed E-state index contributed by atoms with van der Waals surface area (Å²) >= 11 is 12.3. The van der Waals surface area contributed by atoms with E-state index in [1.54, 1.807) is 0 Å². The van der Waals surface area contributed by atoms with Crippen LogP contribution >= 0.6 is 23.8 Å². The predicted octanol–water partition coefficient (Wildman–Crippen LogP) is 7.78. The predicted molar refractivity (Wildman–Crippen MR) is 156 cm³/mol. The molecule has 0 aliphatic heterocycles. The van der Waals surface area contributed by atoms with Crippen molar-refractivity contribution in [1.82, 2.24) is 15.3 Å². The molecule has 3 aromatic rings. The summed E-state index contributed by atoms with van der Waals surface area (Å²) in [6.07, 6.45) is 7.19. The minimum Gasteiger partial charge on any atom is -0.375 e. The van der Waals surface area contributed by atoms with Gasteiger partial charge in [0.05, 0.1) is 11.0 Å². The van der Waals surface area contributed by atoms with Gasteiger partial charge in [0.2, 0.25) is 0 Å². The Bertz CT molecular complexity index is 1130. The summed E-state index contributed by atoms with van der Waals surface area (Å²) < 4.78 is 0. The highest BCUT2D eigenvalue weighted by Crippen LogP contribution is 2.27. The molecule has 0 saturated heterocycles. The summed E-state index contributed by atoms with van der Waals surface area (Å²) in [7, 11) is 0. The van der Waals surface area contributed by atoms with Gasteiger partial charge in [0.15, 0.2) is 5.82 Å². The lowest BCUT2D eigenvalue weighted by Gasteiger charge is -2.37. The van der Waals surface area contributed by atoms with Crippen molar-refractivity contribution in [2.45, 2.75) is 77.9 Å². The van der Waals surface area contributed by atoms with Crippen molar-refractivity contribution in [3.05, 3.63) is 76.9 Å².